The maximum atomic E-state index is 12.6. The average molecular weight is 340 g/mol. The van der Waals surface area contributed by atoms with Crippen LogP contribution in [-0.2, 0) is 0 Å². The van der Waals surface area contributed by atoms with Crippen LogP contribution in [0.3, 0.4) is 0 Å². The van der Waals surface area contributed by atoms with Crippen LogP contribution >= 0.6 is 0 Å². The number of ether oxygens (including phenoxy) is 2. The molecule has 1 fully saturated rings. The molecule has 132 valence electrons. The van der Waals surface area contributed by atoms with E-state index in [1.165, 1.54) is 6.42 Å². The van der Waals surface area contributed by atoms with Crippen molar-refractivity contribution in [2.75, 3.05) is 24.6 Å². The molecule has 5 nitrogen and oxygen atoms in total. The molecule has 0 bridgehead atoms. The van der Waals surface area contributed by atoms with Gasteiger partial charge in [0, 0.05) is 19.3 Å². The van der Waals surface area contributed by atoms with Crippen molar-refractivity contribution in [3.63, 3.8) is 0 Å². The second-order valence-electron chi connectivity index (χ2n) is 6.13. The van der Waals surface area contributed by atoms with Crippen LogP contribution in [-0.4, -0.2) is 30.6 Å². The first-order valence-corrected chi connectivity index (χ1v) is 8.93. The third-order valence-corrected chi connectivity index (χ3v) is 4.17. The summed E-state index contributed by atoms with van der Waals surface area (Å²) in [6.45, 7) is 4.60. The number of rotatable bonds is 6. The molecule has 0 spiro atoms. The maximum Gasteiger partial charge on any atom is 0.347 e. The predicted octanol–water partition coefficient (Wildman–Crippen LogP) is 4.08. The molecule has 1 saturated heterocycles. The molecule has 1 aliphatic rings. The number of benzene rings is 1. The molecule has 5 heteroatoms. The van der Waals surface area contributed by atoms with Gasteiger partial charge in [0.05, 0.1) is 6.61 Å². The highest BCUT2D eigenvalue weighted by Gasteiger charge is 2.21. The van der Waals surface area contributed by atoms with Crippen LogP contribution in [0, 0.1) is 0 Å². The molecule has 0 radical (unpaired) electrons. The molecular formula is C20H24N2O3. The Morgan fingerprint density at radius 2 is 1.80 bits per heavy atom. The van der Waals surface area contributed by atoms with E-state index in [1.807, 2.05) is 12.1 Å². The van der Waals surface area contributed by atoms with Gasteiger partial charge in [-0.3, -0.25) is 0 Å². The Bertz CT molecular complexity index is 694. The van der Waals surface area contributed by atoms with Crippen molar-refractivity contribution in [2.24, 2.45) is 0 Å². The maximum absolute atomic E-state index is 12.6. The molecule has 3 rings (SSSR count). The van der Waals surface area contributed by atoms with Crippen molar-refractivity contribution in [1.82, 2.24) is 4.98 Å². The van der Waals surface area contributed by atoms with E-state index in [1.54, 1.807) is 30.5 Å². The Morgan fingerprint density at radius 1 is 1.08 bits per heavy atom. The van der Waals surface area contributed by atoms with Crippen LogP contribution in [0.25, 0.3) is 0 Å². The highest BCUT2D eigenvalue weighted by Crippen LogP contribution is 2.24. The van der Waals surface area contributed by atoms with E-state index in [0.717, 1.165) is 43.9 Å². The lowest BCUT2D eigenvalue weighted by atomic mass is 10.1. The predicted molar refractivity (Wildman–Crippen MR) is 97.5 cm³/mol. The van der Waals surface area contributed by atoms with Gasteiger partial charge in [-0.05, 0) is 62.1 Å². The molecule has 0 aliphatic carbocycles. The van der Waals surface area contributed by atoms with Gasteiger partial charge in [0.1, 0.15) is 22.9 Å². The average Bonchev–Trinajstić information content (AvgIpc) is 2.68. The van der Waals surface area contributed by atoms with Gasteiger partial charge in [-0.15, -0.1) is 0 Å². The van der Waals surface area contributed by atoms with E-state index in [-0.39, 0.29) is 5.97 Å². The van der Waals surface area contributed by atoms with Crippen LogP contribution in [0.2, 0.25) is 0 Å². The fraction of sp³-hybridized carbons (Fsp3) is 0.400. The van der Waals surface area contributed by atoms with Crippen LogP contribution in [0.4, 0.5) is 5.82 Å². The Labute approximate surface area is 148 Å². The monoisotopic (exact) mass is 340 g/mol. The minimum atomic E-state index is -0.379. The first kappa shape index (κ1) is 17.3. The topological polar surface area (TPSA) is 51.7 Å². The fourth-order valence-corrected chi connectivity index (χ4v) is 2.90. The Balaban J connectivity index is 1.70. The van der Waals surface area contributed by atoms with Crippen molar-refractivity contribution in [3.05, 3.63) is 48.2 Å². The lowest BCUT2D eigenvalue weighted by Gasteiger charge is -2.28. The second kappa shape index (κ2) is 8.51. The van der Waals surface area contributed by atoms with Gasteiger partial charge in [0.25, 0.3) is 0 Å². The van der Waals surface area contributed by atoms with Crippen molar-refractivity contribution in [2.45, 2.75) is 32.6 Å². The number of nitrogens with zero attached hydrogens (tertiary/aromatic N) is 2. The zero-order valence-electron chi connectivity index (χ0n) is 14.6. The molecule has 0 N–H and O–H groups in total. The first-order valence-electron chi connectivity index (χ1n) is 8.93. The number of aromatic nitrogens is 1. The van der Waals surface area contributed by atoms with Crippen molar-refractivity contribution in [3.8, 4) is 11.5 Å². The van der Waals surface area contributed by atoms with E-state index in [0.29, 0.717) is 17.9 Å². The number of hydrogen-bond donors (Lipinski definition) is 0. The second-order valence-corrected chi connectivity index (χ2v) is 6.13. The molecule has 0 unspecified atom stereocenters. The lowest BCUT2D eigenvalue weighted by molar-refractivity contribution is 0.0734. The highest BCUT2D eigenvalue weighted by atomic mass is 16.5. The summed E-state index contributed by atoms with van der Waals surface area (Å²) in [7, 11) is 0. The van der Waals surface area contributed by atoms with E-state index in [4.69, 9.17) is 9.47 Å². The minimum absolute atomic E-state index is 0.379. The summed E-state index contributed by atoms with van der Waals surface area (Å²) in [4.78, 5) is 19.2. The molecule has 0 amide bonds. The molecule has 1 aliphatic heterocycles. The summed E-state index contributed by atoms with van der Waals surface area (Å²) in [5.74, 6) is 1.62. The summed E-state index contributed by atoms with van der Waals surface area (Å²) in [6, 6.07) is 10.7. The number of hydrogen-bond acceptors (Lipinski definition) is 5. The van der Waals surface area contributed by atoms with Crippen molar-refractivity contribution < 1.29 is 14.3 Å². The quantitative estimate of drug-likeness (QED) is 0.586. The fourth-order valence-electron chi connectivity index (χ4n) is 2.90. The Morgan fingerprint density at radius 3 is 2.52 bits per heavy atom. The number of carbonyl (C=O) groups excluding carboxylic acids is 1. The zero-order valence-corrected chi connectivity index (χ0v) is 14.6. The lowest BCUT2D eigenvalue weighted by Crippen LogP contribution is -2.32. The Kier molecular flexibility index (Phi) is 5.88. The number of anilines is 1. The Hall–Kier alpha value is -2.56. The first-order chi connectivity index (χ1) is 12.3. The van der Waals surface area contributed by atoms with Gasteiger partial charge in [0.15, 0.2) is 0 Å². The number of carbonyl (C=O) groups is 1. The van der Waals surface area contributed by atoms with E-state index >= 15 is 0 Å². The summed E-state index contributed by atoms with van der Waals surface area (Å²) in [5, 5.41) is 0. The number of esters is 1. The molecule has 0 atom stereocenters. The highest BCUT2D eigenvalue weighted by molar-refractivity contribution is 5.96. The standard InChI is InChI=1S/C20H24N2O3/c1-2-15-24-16-8-10-17(11-9-16)25-20(23)18-7-6-12-21-19(18)22-13-4-3-5-14-22/h6-12H,2-5,13-15H2,1H3. The van der Waals surface area contributed by atoms with Gasteiger partial charge >= 0.3 is 5.97 Å². The molecular weight excluding hydrogens is 316 g/mol. The third-order valence-electron chi connectivity index (χ3n) is 4.17. The molecule has 1 aromatic carbocycles. The third kappa shape index (κ3) is 4.50. The van der Waals surface area contributed by atoms with Crippen LogP contribution < -0.4 is 14.4 Å². The molecule has 2 aromatic rings. The normalized spacial score (nSPS) is 14.2. The molecule has 2 heterocycles. The zero-order chi connectivity index (χ0) is 17.5. The summed E-state index contributed by atoms with van der Waals surface area (Å²) < 4.78 is 11.1. The van der Waals surface area contributed by atoms with Gasteiger partial charge in [-0.1, -0.05) is 6.92 Å². The molecule has 0 saturated carbocycles. The smallest absolute Gasteiger partial charge is 0.347 e. The molecule has 1 aromatic heterocycles. The summed E-state index contributed by atoms with van der Waals surface area (Å²) in [6.07, 6.45) is 6.17. The van der Waals surface area contributed by atoms with Crippen LogP contribution in [0.15, 0.2) is 42.6 Å². The van der Waals surface area contributed by atoms with Gasteiger partial charge in [0.2, 0.25) is 0 Å². The van der Waals surface area contributed by atoms with Crippen LogP contribution in [0.1, 0.15) is 43.0 Å². The minimum Gasteiger partial charge on any atom is -0.494 e. The summed E-state index contributed by atoms with van der Waals surface area (Å²) in [5.41, 5.74) is 0.510. The van der Waals surface area contributed by atoms with E-state index in [2.05, 4.69) is 16.8 Å². The summed E-state index contributed by atoms with van der Waals surface area (Å²) >= 11 is 0. The van der Waals surface area contributed by atoms with Crippen molar-refractivity contribution in [1.29, 1.82) is 0 Å². The van der Waals surface area contributed by atoms with Crippen molar-refractivity contribution >= 4 is 11.8 Å². The number of pyridine rings is 1. The van der Waals surface area contributed by atoms with E-state index in [9.17, 15) is 4.79 Å². The number of piperidine rings is 1. The van der Waals surface area contributed by atoms with Gasteiger partial charge in [-0.2, -0.15) is 0 Å². The van der Waals surface area contributed by atoms with Crippen LogP contribution in [0.5, 0.6) is 11.5 Å². The van der Waals surface area contributed by atoms with Gasteiger partial charge in [-0.25, -0.2) is 9.78 Å². The van der Waals surface area contributed by atoms with E-state index < -0.39 is 0 Å². The van der Waals surface area contributed by atoms with Gasteiger partial charge < -0.3 is 14.4 Å². The SMILES string of the molecule is CCCOc1ccc(OC(=O)c2cccnc2N2CCCCC2)cc1. The molecule has 25 heavy (non-hydrogen) atoms. The largest absolute Gasteiger partial charge is 0.494 e.